The summed E-state index contributed by atoms with van der Waals surface area (Å²) in [7, 11) is 0. The summed E-state index contributed by atoms with van der Waals surface area (Å²) >= 11 is 0. The van der Waals surface area contributed by atoms with Gasteiger partial charge in [0, 0.05) is 38.8 Å². The number of likely N-dealkylation sites (tertiary alicyclic amines) is 2. The van der Waals surface area contributed by atoms with E-state index in [1.54, 1.807) is 4.90 Å². The van der Waals surface area contributed by atoms with Gasteiger partial charge < -0.3 is 19.7 Å². The van der Waals surface area contributed by atoms with Crippen LogP contribution in [0, 0.1) is 0 Å². The molecule has 0 bridgehead atoms. The monoisotopic (exact) mass is 425 g/mol. The van der Waals surface area contributed by atoms with E-state index in [0.717, 1.165) is 57.4 Å². The van der Waals surface area contributed by atoms with Crippen molar-refractivity contribution in [2.45, 2.75) is 51.3 Å². The van der Waals surface area contributed by atoms with Gasteiger partial charge in [0.05, 0.1) is 6.61 Å². The fourth-order valence-corrected chi connectivity index (χ4v) is 3.95. The summed E-state index contributed by atoms with van der Waals surface area (Å²) < 4.78 is 10.7. The highest BCUT2D eigenvalue weighted by molar-refractivity contribution is 5.85. The topological polar surface area (TPSA) is 71.1 Å². The second-order valence-corrected chi connectivity index (χ2v) is 7.40. The summed E-state index contributed by atoms with van der Waals surface area (Å²) in [4.78, 5) is 28.1. The van der Waals surface area contributed by atoms with Crippen LogP contribution < -0.4 is 5.32 Å². The third-order valence-corrected chi connectivity index (χ3v) is 5.54. The van der Waals surface area contributed by atoms with Gasteiger partial charge in [-0.2, -0.15) is 0 Å². The standard InChI is InChI=1S/C21H31N3O4.ClH/c1-2-27-21(26)24-12-8-18(9-13-24)23-14-10-19(11-15-23)28-20(25)22-16-17-6-4-3-5-7-17;/h3-7,18-19H,2,8-16H2,1H3,(H,22,25);1H. The third-order valence-electron chi connectivity index (χ3n) is 5.54. The lowest BCUT2D eigenvalue weighted by Crippen LogP contribution is -2.50. The number of alkyl carbamates (subject to hydrolysis) is 1. The second-order valence-electron chi connectivity index (χ2n) is 7.40. The van der Waals surface area contributed by atoms with Crippen molar-refractivity contribution >= 4 is 24.6 Å². The average Bonchev–Trinajstić information content (AvgIpc) is 2.74. The Kier molecular flexibility index (Phi) is 9.54. The van der Waals surface area contributed by atoms with Gasteiger partial charge in [0.1, 0.15) is 6.10 Å². The molecular formula is C21H32ClN3O4. The highest BCUT2D eigenvalue weighted by Crippen LogP contribution is 2.22. The number of nitrogens with zero attached hydrogens (tertiary/aromatic N) is 2. The molecular weight excluding hydrogens is 394 g/mol. The Labute approximate surface area is 179 Å². The molecule has 2 aliphatic heterocycles. The van der Waals surface area contributed by atoms with Crippen LogP contribution in [0.25, 0.3) is 0 Å². The summed E-state index contributed by atoms with van der Waals surface area (Å²) in [6.07, 6.45) is 3.10. The fourth-order valence-electron chi connectivity index (χ4n) is 3.95. The van der Waals surface area contributed by atoms with E-state index in [1.807, 2.05) is 37.3 Å². The molecule has 0 aromatic heterocycles. The first-order valence-electron chi connectivity index (χ1n) is 10.3. The number of carbonyl (C=O) groups is 2. The normalized spacial score (nSPS) is 18.6. The molecule has 0 saturated carbocycles. The van der Waals surface area contributed by atoms with Crippen molar-refractivity contribution in [2.75, 3.05) is 32.8 Å². The Morgan fingerprint density at radius 1 is 1.03 bits per heavy atom. The molecule has 1 aromatic carbocycles. The van der Waals surface area contributed by atoms with E-state index >= 15 is 0 Å². The van der Waals surface area contributed by atoms with Crippen LogP contribution in [0.1, 0.15) is 38.2 Å². The minimum Gasteiger partial charge on any atom is -0.450 e. The van der Waals surface area contributed by atoms with Crippen LogP contribution in [0.4, 0.5) is 9.59 Å². The zero-order valence-corrected chi connectivity index (χ0v) is 17.9. The van der Waals surface area contributed by atoms with Crippen LogP contribution in [0.3, 0.4) is 0 Å². The molecule has 8 heteroatoms. The highest BCUT2D eigenvalue weighted by Gasteiger charge is 2.31. The zero-order valence-electron chi connectivity index (χ0n) is 17.0. The van der Waals surface area contributed by atoms with E-state index < -0.39 is 0 Å². The van der Waals surface area contributed by atoms with Crippen molar-refractivity contribution in [2.24, 2.45) is 0 Å². The first-order valence-corrected chi connectivity index (χ1v) is 10.3. The van der Waals surface area contributed by atoms with Gasteiger partial charge >= 0.3 is 12.2 Å². The maximum Gasteiger partial charge on any atom is 0.409 e. The Hall–Kier alpha value is -1.99. The van der Waals surface area contributed by atoms with Gasteiger partial charge in [-0.3, -0.25) is 4.90 Å². The lowest BCUT2D eigenvalue weighted by Gasteiger charge is -2.41. The summed E-state index contributed by atoms with van der Waals surface area (Å²) in [5.41, 5.74) is 1.06. The average molecular weight is 426 g/mol. The molecule has 0 aliphatic carbocycles. The lowest BCUT2D eigenvalue weighted by atomic mass is 9.99. The molecule has 2 fully saturated rings. The second kappa shape index (κ2) is 11.9. The number of rotatable bonds is 5. The molecule has 1 aromatic rings. The minimum atomic E-state index is -0.343. The summed E-state index contributed by atoms with van der Waals surface area (Å²) in [6, 6.07) is 10.3. The van der Waals surface area contributed by atoms with Crippen LogP contribution in [0.2, 0.25) is 0 Å². The van der Waals surface area contributed by atoms with E-state index in [2.05, 4.69) is 10.2 Å². The van der Waals surface area contributed by atoms with Gasteiger partial charge in [-0.1, -0.05) is 30.3 Å². The minimum absolute atomic E-state index is 0. The number of piperidine rings is 2. The quantitative estimate of drug-likeness (QED) is 0.782. The fraction of sp³-hybridized carbons (Fsp3) is 0.619. The molecule has 0 spiro atoms. The Balaban J connectivity index is 0.00000300. The molecule has 29 heavy (non-hydrogen) atoms. The molecule has 0 atom stereocenters. The van der Waals surface area contributed by atoms with Crippen molar-refractivity contribution in [3.05, 3.63) is 35.9 Å². The number of hydrogen-bond donors (Lipinski definition) is 1. The van der Waals surface area contributed by atoms with Crippen molar-refractivity contribution < 1.29 is 19.1 Å². The van der Waals surface area contributed by atoms with Gasteiger partial charge in [-0.25, -0.2) is 9.59 Å². The third kappa shape index (κ3) is 7.08. The van der Waals surface area contributed by atoms with Gasteiger partial charge in [0.25, 0.3) is 0 Å². The van der Waals surface area contributed by atoms with Crippen LogP contribution in [0.5, 0.6) is 0 Å². The summed E-state index contributed by atoms with van der Waals surface area (Å²) in [6.45, 7) is 6.10. The smallest absolute Gasteiger partial charge is 0.409 e. The van der Waals surface area contributed by atoms with E-state index in [9.17, 15) is 9.59 Å². The predicted molar refractivity (Wildman–Crippen MR) is 113 cm³/mol. The van der Waals surface area contributed by atoms with E-state index in [0.29, 0.717) is 19.2 Å². The summed E-state index contributed by atoms with van der Waals surface area (Å²) in [5.74, 6) is 0. The molecule has 0 unspecified atom stereocenters. The van der Waals surface area contributed by atoms with Crippen molar-refractivity contribution in [3.8, 4) is 0 Å². The van der Waals surface area contributed by atoms with Crippen molar-refractivity contribution in [1.29, 1.82) is 0 Å². The predicted octanol–water partition coefficient (Wildman–Crippen LogP) is 3.42. The number of nitrogens with one attached hydrogen (secondary N) is 1. The SMILES string of the molecule is CCOC(=O)N1CCC(N2CCC(OC(=O)NCc3ccccc3)CC2)CC1.Cl. The Morgan fingerprint density at radius 3 is 2.31 bits per heavy atom. The van der Waals surface area contributed by atoms with Crippen molar-refractivity contribution in [1.82, 2.24) is 15.1 Å². The lowest BCUT2D eigenvalue weighted by molar-refractivity contribution is 0.0228. The number of amides is 2. The molecule has 3 rings (SSSR count). The van der Waals surface area contributed by atoms with Gasteiger partial charge in [0.15, 0.2) is 0 Å². The molecule has 2 heterocycles. The molecule has 2 amide bonds. The number of carbonyl (C=O) groups excluding carboxylic acids is 2. The number of hydrogen-bond acceptors (Lipinski definition) is 5. The molecule has 1 N–H and O–H groups in total. The van der Waals surface area contributed by atoms with E-state index in [-0.39, 0.29) is 30.7 Å². The number of halogens is 1. The summed E-state index contributed by atoms with van der Waals surface area (Å²) in [5, 5.41) is 2.82. The zero-order chi connectivity index (χ0) is 19.8. The Bertz CT molecular complexity index is 630. The first-order chi connectivity index (χ1) is 13.7. The van der Waals surface area contributed by atoms with Gasteiger partial charge in [-0.05, 0) is 38.2 Å². The van der Waals surface area contributed by atoms with Crippen LogP contribution in [0.15, 0.2) is 30.3 Å². The number of benzene rings is 1. The van der Waals surface area contributed by atoms with Crippen LogP contribution in [-0.4, -0.2) is 66.9 Å². The maximum atomic E-state index is 12.0. The first kappa shape index (κ1) is 23.3. The van der Waals surface area contributed by atoms with E-state index in [4.69, 9.17) is 9.47 Å². The molecule has 162 valence electrons. The van der Waals surface area contributed by atoms with E-state index in [1.165, 1.54) is 0 Å². The van der Waals surface area contributed by atoms with Crippen LogP contribution >= 0.6 is 12.4 Å². The molecule has 2 saturated heterocycles. The number of ether oxygens (including phenoxy) is 2. The largest absolute Gasteiger partial charge is 0.450 e. The van der Waals surface area contributed by atoms with Gasteiger partial charge in [0.2, 0.25) is 0 Å². The Morgan fingerprint density at radius 2 is 1.69 bits per heavy atom. The molecule has 7 nitrogen and oxygen atoms in total. The van der Waals surface area contributed by atoms with Crippen molar-refractivity contribution in [3.63, 3.8) is 0 Å². The van der Waals surface area contributed by atoms with Crippen LogP contribution in [-0.2, 0) is 16.0 Å². The van der Waals surface area contributed by atoms with Gasteiger partial charge in [-0.15, -0.1) is 12.4 Å². The molecule has 0 radical (unpaired) electrons. The highest BCUT2D eigenvalue weighted by atomic mass is 35.5. The molecule has 2 aliphatic rings. The maximum absolute atomic E-state index is 12.0.